The molecule has 0 radical (unpaired) electrons. The van der Waals surface area contributed by atoms with Crippen molar-refractivity contribution in [3.05, 3.63) is 47.1 Å². The van der Waals surface area contributed by atoms with Crippen molar-refractivity contribution >= 4 is 0 Å². The van der Waals surface area contributed by atoms with Crippen molar-refractivity contribution in [3.8, 4) is 6.07 Å². The van der Waals surface area contributed by atoms with Gasteiger partial charge in [-0.1, -0.05) is 23.4 Å². The number of rotatable bonds is 7. The minimum Gasteiger partial charge on any atom is -0.396 e. The number of benzene rings is 1. The summed E-state index contributed by atoms with van der Waals surface area (Å²) in [4.78, 5) is 6.68. The minimum atomic E-state index is 0.00282. The molecule has 1 aliphatic heterocycles. The second-order valence-electron chi connectivity index (χ2n) is 6.30. The van der Waals surface area contributed by atoms with E-state index in [1.165, 1.54) is 0 Å². The number of nitrogens with zero attached hydrogens (tertiary/aromatic N) is 4. The Morgan fingerprint density at radius 1 is 1.40 bits per heavy atom. The van der Waals surface area contributed by atoms with Gasteiger partial charge < -0.3 is 14.4 Å². The van der Waals surface area contributed by atoms with E-state index in [2.05, 4.69) is 21.1 Å². The molecule has 1 aromatic carbocycles. The summed E-state index contributed by atoms with van der Waals surface area (Å²) in [7, 11) is 1.64. The zero-order chi connectivity index (χ0) is 17.6. The van der Waals surface area contributed by atoms with Crippen LogP contribution in [0.25, 0.3) is 0 Å². The summed E-state index contributed by atoms with van der Waals surface area (Å²) in [5.74, 6) is 1.25. The summed E-state index contributed by atoms with van der Waals surface area (Å²) in [6.07, 6.45) is 0.607. The van der Waals surface area contributed by atoms with Crippen molar-refractivity contribution in [2.45, 2.75) is 18.9 Å². The normalized spacial score (nSPS) is 20.7. The van der Waals surface area contributed by atoms with E-state index in [0.717, 1.165) is 18.7 Å². The van der Waals surface area contributed by atoms with Crippen LogP contribution in [-0.4, -0.2) is 53.6 Å². The average molecular weight is 342 g/mol. The smallest absolute Gasteiger partial charge is 0.231 e. The van der Waals surface area contributed by atoms with E-state index in [-0.39, 0.29) is 18.4 Å². The summed E-state index contributed by atoms with van der Waals surface area (Å²) in [5, 5.41) is 23.0. The number of hydrogen-bond donors (Lipinski definition) is 1. The monoisotopic (exact) mass is 342 g/mol. The largest absolute Gasteiger partial charge is 0.396 e. The fraction of sp³-hybridized carbons (Fsp3) is 0.500. The van der Waals surface area contributed by atoms with Gasteiger partial charge in [0.05, 0.1) is 24.2 Å². The Bertz CT molecular complexity index is 740. The first-order valence-electron chi connectivity index (χ1n) is 8.37. The van der Waals surface area contributed by atoms with Crippen LogP contribution in [0.4, 0.5) is 0 Å². The number of aromatic nitrogens is 2. The van der Waals surface area contributed by atoms with Crippen LogP contribution >= 0.6 is 0 Å². The molecule has 0 saturated carbocycles. The highest BCUT2D eigenvalue weighted by Crippen LogP contribution is 2.32. The van der Waals surface area contributed by atoms with Crippen molar-refractivity contribution in [1.82, 2.24) is 15.0 Å². The number of nitriles is 1. The Hall–Kier alpha value is -2.27. The van der Waals surface area contributed by atoms with Crippen LogP contribution in [0.3, 0.4) is 0 Å². The molecule has 3 rings (SSSR count). The molecule has 7 nitrogen and oxygen atoms in total. The molecule has 2 heterocycles. The van der Waals surface area contributed by atoms with Gasteiger partial charge in [-0.05, 0) is 11.6 Å². The maximum Gasteiger partial charge on any atom is 0.231 e. The quantitative estimate of drug-likeness (QED) is 0.811. The van der Waals surface area contributed by atoms with Crippen molar-refractivity contribution < 1.29 is 14.4 Å². The summed E-state index contributed by atoms with van der Waals surface area (Å²) in [6.45, 7) is 2.73. The number of methoxy groups -OCH3 is 1. The summed E-state index contributed by atoms with van der Waals surface area (Å²) in [5.41, 5.74) is 1.68. The third-order valence-electron chi connectivity index (χ3n) is 4.61. The lowest BCUT2D eigenvalue weighted by molar-refractivity contribution is 0.199. The van der Waals surface area contributed by atoms with Gasteiger partial charge in [0.2, 0.25) is 5.89 Å². The topological polar surface area (TPSA) is 95.4 Å². The molecule has 1 aromatic heterocycles. The number of hydrogen-bond acceptors (Lipinski definition) is 7. The summed E-state index contributed by atoms with van der Waals surface area (Å²) in [6, 6.07) is 9.83. The third kappa shape index (κ3) is 4.04. The SMILES string of the molecule is COCCc1noc([C@@H]2CN(Cc3ccccc3C#N)C[C@H]2CO)n1. The van der Waals surface area contributed by atoms with Crippen LogP contribution in [-0.2, 0) is 17.7 Å². The summed E-state index contributed by atoms with van der Waals surface area (Å²) < 4.78 is 10.4. The number of aliphatic hydroxyl groups excluding tert-OH is 1. The standard InChI is InChI=1S/C18H22N4O3/c1-24-7-6-17-20-18(25-21-17)16-11-22(10-15(16)12-23)9-14-5-3-2-4-13(14)8-19/h2-5,15-16,23H,6-7,9-12H2,1H3/t15-,16+/m0/s1. The molecule has 2 atom stereocenters. The molecule has 0 bridgehead atoms. The molecule has 1 fully saturated rings. The second-order valence-corrected chi connectivity index (χ2v) is 6.30. The average Bonchev–Trinajstić information content (AvgIpc) is 3.26. The number of ether oxygens (including phenoxy) is 1. The lowest BCUT2D eigenvalue weighted by atomic mass is 9.97. The Morgan fingerprint density at radius 3 is 3.00 bits per heavy atom. The highest BCUT2D eigenvalue weighted by Gasteiger charge is 2.37. The molecular weight excluding hydrogens is 320 g/mol. The van der Waals surface area contributed by atoms with Crippen LogP contribution in [0, 0.1) is 17.2 Å². The van der Waals surface area contributed by atoms with Crippen molar-refractivity contribution in [3.63, 3.8) is 0 Å². The van der Waals surface area contributed by atoms with E-state index in [1.807, 2.05) is 24.3 Å². The van der Waals surface area contributed by atoms with Crippen molar-refractivity contribution in [1.29, 1.82) is 5.26 Å². The molecule has 25 heavy (non-hydrogen) atoms. The molecular formula is C18H22N4O3. The maximum atomic E-state index is 9.74. The molecule has 0 amide bonds. The van der Waals surface area contributed by atoms with Crippen LogP contribution in [0.15, 0.2) is 28.8 Å². The van der Waals surface area contributed by atoms with E-state index < -0.39 is 0 Å². The van der Waals surface area contributed by atoms with Crippen molar-refractivity contribution in [2.24, 2.45) is 5.92 Å². The number of aliphatic hydroxyl groups is 1. The molecule has 1 N–H and O–H groups in total. The molecule has 0 aliphatic carbocycles. The van der Waals surface area contributed by atoms with Gasteiger partial charge in [0, 0.05) is 45.7 Å². The van der Waals surface area contributed by atoms with Gasteiger partial charge >= 0.3 is 0 Å². The van der Waals surface area contributed by atoms with E-state index in [0.29, 0.717) is 36.9 Å². The van der Waals surface area contributed by atoms with Crippen LogP contribution in [0.1, 0.15) is 28.8 Å². The lowest BCUT2D eigenvalue weighted by Crippen LogP contribution is -2.21. The molecule has 2 aromatic rings. The van der Waals surface area contributed by atoms with Gasteiger partial charge in [-0.2, -0.15) is 10.2 Å². The first kappa shape index (κ1) is 17.5. The van der Waals surface area contributed by atoms with E-state index in [9.17, 15) is 10.4 Å². The lowest BCUT2D eigenvalue weighted by Gasteiger charge is -2.16. The van der Waals surface area contributed by atoms with Gasteiger partial charge in [-0.25, -0.2) is 0 Å². The molecule has 132 valence electrons. The van der Waals surface area contributed by atoms with E-state index in [1.54, 1.807) is 7.11 Å². The molecule has 1 aliphatic rings. The van der Waals surface area contributed by atoms with Crippen LogP contribution in [0.2, 0.25) is 0 Å². The highest BCUT2D eigenvalue weighted by atomic mass is 16.5. The Balaban J connectivity index is 1.70. The molecule has 0 unspecified atom stereocenters. The first-order chi connectivity index (χ1) is 12.2. The fourth-order valence-electron chi connectivity index (χ4n) is 3.28. The zero-order valence-corrected chi connectivity index (χ0v) is 14.3. The highest BCUT2D eigenvalue weighted by molar-refractivity contribution is 5.37. The van der Waals surface area contributed by atoms with Crippen LogP contribution in [0.5, 0.6) is 0 Å². The van der Waals surface area contributed by atoms with Gasteiger partial charge in [0.25, 0.3) is 0 Å². The van der Waals surface area contributed by atoms with Gasteiger partial charge in [0.1, 0.15) is 0 Å². The van der Waals surface area contributed by atoms with E-state index in [4.69, 9.17) is 9.26 Å². The third-order valence-corrected chi connectivity index (χ3v) is 4.61. The predicted molar refractivity (Wildman–Crippen MR) is 89.6 cm³/mol. The molecule has 7 heteroatoms. The van der Waals surface area contributed by atoms with Gasteiger partial charge in [-0.3, -0.25) is 4.90 Å². The van der Waals surface area contributed by atoms with Gasteiger partial charge in [-0.15, -0.1) is 0 Å². The zero-order valence-electron chi connectivity index (χ0n) is 14.3. The van der Waals surface area contributed by atoms with Gasteiger partial charge in [0.15, 0.2) is 5.82 Å². The molecule has 0 spiro atoms. The molecule has 1 saturated heterocycles. The first-order valence-corrected chi connectivity index (χ1v) is 8.37. The fourth-order valence-corrected chi connectivity index (χ4v) is 3.28. The minimum absolute atomic E-state index is 0.00282. The maximum absolute atomic E-state index is 9.74. The Kier molecular flexibility index (Phi) is 5.76. The van der Waals surface area contributed by atoms with Crippen molar-refractivity contribution in [2.75, 3.05) is 33.4 Å². The van der Waals surface area contributed by atoms with E-state index >= 15 is 0 Å². The van der Waals surface area contributed by atoms with Crippen LogP contribution < -0.4 is 0 Å². The predicted octanol–water partition coefficient (Wildman–Crippen LogP) is 1.34. The number of likely N-dealkylation sites (tertiary alicyclic amines) is 1. The summed E-state index contributed by atoms with van der Waals surface area (Å²) >= 11 is 0. The second kappa shape index (κ2) is 8.21. The Morgan fingerprint density at radius 2 is 2.24 bits per heavy atom. The Labute approximate surface area is 146 Å².